The number of hydrogen-bond acceptors (Lipinski definition) is 5. The maximum atomic E-state index is 12.6. The van der Waals surface area contributed by atoms with Crippen molar-refractivity contribution in [1.82, 2.24) is 10.6 Å². The Morgan fingerprint density at radius 1 is 1.10 bits per heavy atom. The normalized spacial score (nSPS) is 15.0. The molecule has 9 heteroatoms. The summed E-state index contributed by atoms with van der Waals surface area (Å²) in [6.45, 7) is 4.75. The van der Waals surface area contributed by atoms with E-state index in [9.17, 15) is 23.6 Å². The fraction of sp³-hybridized carbons (Fsp3) is 0.667. The van der Waals surface area contributed by atoms with Crippen LogP contribution in [0.4, 0.5) is 4.39 Å². The van der Waals surface area contributed by atoms with E-state index in [-0.39, 0.29) is 5.92 Å². The molecule has 0 aromatic heterocycles. The molecule has 0 heterocycles. The van der Waals surface area contributed by atoms with Crippen LogP contribution in [-0.4, -0.2) is 47.1 Å². The lowest BCUT2D eigenvalue weighted by Crippen LogP contribution is -2.54. The number of rotatable bonds is 8. The van der Waals surface area contributed by atoms with Crippen molar-refractivity contribution in [3.05, 3.63) is 0 Å². The lowest BCUT2D eigenvalue weighted by Gasteiger charge is -2.20. The van der Waals surface area contributed by atoms with Crippen molar-refractivity contribution < 1.29 is 28.7 Å². The van der Waals surface area contributed by atoms with Gasteiger partial charge in [-0.3, -0.25) is 19.2 Å². The number of nitrogens with two attached hydrogens (primary N) is 1. The summed E-state index contributed by atoms with van der Waals surface area (Å²) in [5, 5.41) is 12.7. The van der Waals surface area contributed by atoms with Gasteiger partial charge in [-0.15, -0.1) is 0 Å². The number of carboxylic acid groups (broad SMARTS) is 1. The zero-order valence-corrected chi connectivity index (χ0v) is 12.1. The smallest absolute Gasteiger partial charge is 0.324 e. The molecule has 0 spiro atoms. The van der Waals surface area contributed by atoms with Crippen LogP contribution in [0.1, 0.15) is 27.2 Å². The molecule has 0 radical (unpaired) electrons. The van der Waals surface area contributed by atoms with E-state index >= 15 is 0 Å². The zero-order valence-electron chi connectivity index (χ0n) is 12.1. The molecule has 0 aliphatic rings. The summed E-state index contributed by atoms with van der Waals surface area (Å²) in [7, 11) is 0. The third kappa shape index (κ3) is 6.80. The van der Waals surface area contributed by atoms with Gasteiger partial charge in [0.15, 0.2) is 0 Å². The Morgan fingerprint density at radius 2 is 1.62 bits per heavy atom. The van der Waals surface area contributed by atoms with Gasteiger partial charge in [0.25, 0.3) is 0 Å². The van der Waals surface area contributed by atoms with Gasteiger partial charge in [-0.25, -0.2) is 0 Å². The maximum absolute atomic E-state index is 12.6. The summed E-state index contributed by atoms with van der Waals surface area (Å²) >= 11 is 0. The first kappa shape index (κ1) is 19.0. The van der Waals surface area contributed by atoms with E-state index in [0.29, 0.717) is 0 Å². The summed E-state index contributed by atoms with van der Waals surface area (Å²) in [4.78, 5) is 44.4. The highest BCUT2D eigenvalue weighted by atomic mass is 19.1. The third-order valence-electron chi connectivity index (χ3n) is 2.74. The fourth-order valence-electron chi connectivity index (χ4n) is 1.34. The van der Waals surface area contributed by atoms with Crippen LogP contribution in [0.15, 0.2) is 0 Å². The first-order chi connectivity index (χ1) is 9.56. The topological polar surface area (TPSA) is 139 Å². The quantitative estimate of drug-likeness (QED) is 0.421. The van der Waals surface area contributed by atoms with Gasteiger partial charge in [-0.1, -0.05) is 13.8 Å². The van der Waals surface area contributed by atoms with Crippen molar-refractivity contribution in [2.24, 2.45) is 11.7 Å². The molecule has 0 saturated heterocycles. The molecule has 120 valence electrons. The average molecular weight is 305 g/mol. The van der Waals surface area contributed by atoms with Gasteiger partial charge in [-0.05, 0) is 12.8 Å². The van der Waals surface area contributed by atoms with Crippen LogP contribution >= 0.6 is 0 Å². The van der Waals surface area contributed by atoms with Crippen LogP contribution in [-0.2, 0) is 19.2 Å². The summed E-state index contributed by atoms with van der Waals surface area (Å²) < 4.78 is 12.6. The second-order valence-electron chi connectivity index (χ2n) is 4.96. The van der Waals surface area contributed by atoms with Gasteiger partial charge in [0.2, 0.25) is 11.8 Å². The Kier molecular flexibility index (Phi) is 7.50. The minimum Gasteiger partial charge on any atom is -0.481 e. The summed E-state index contributed by atoms with van der Waals surface area (Å²) in [6.07, 6.45) is -0.882. The second-order valence-corrected chi connectivity index (χ2v) is 4.96. The molecule has 3 atom stereocenters. The molecule has 5 N–H and O–H groups in total. The van der Waals surface area contributed by atoms with E-state index in [4.69, 9.17) is 10.8 Å². The summed E-state index contributed by atoms with van der Waals surface area (Å²) in [5.74, 6) is -3.04. The standard InChI is InChI=1S/C12H20FN3O5/c1-5(2)9(14)12(21)15-6(3)11(20)16-7(10(13)19)4-8(17)18/h5-7,9H,4,14H2,1-3H3,(H,15,21)(H,16,20)(H,17,18)/t6-,7-,9-/m0/s1. The van der Waals surface area contributed by atoms with Gasteiger partial charge in [-0.2, -0.15) is 4.39 Å². The third-order valence-corrected chi connectivity index (χ3v) is 2.74. The molecule has 2 amide bonds. The highest BCUT2D eigenvalue weighted by Crippen LogP contribution is 2.00. The van der Waals surface area contributed by atoms with Crippen molar-refractivity contribution in [2.45, 2.75) is 45.3 Å². The molecule has 21 heavy (non-hydrogen) atoms. The fourth-order valence-corrected chi connectivity index (χ4v) is 1.34. The Balaban J connectivity index is 4.59. The van der Waals surface area contributed by atoms with Crippen molar-refractivity contribution in [1.29, 1.82) is 0 Å². The molecular weight excluding hydrogens is 285 g/mol. The van der Waals surface area contributed by atoms with Crippen LogP contribution in [0, 0.1) is 5.92 Å². The minimum absolute atomic E-state index is 0.146. The van der Waals surface area contributed by atoms with Crippen molar-refractivity contribution in [3.63, 3.8) is 0 Å². The molecule has 0 fully saturated rings. The molecule has 0 aromatic carbocycles. The number of aliphatic carboxylic acids is 1. The van der Waals surface area contributed by atoms with Crippen LogP contribution in [0.3, 0.4) is 0 Å². The number of carbonyl (C=O) groups is 4. The number of carbonyl (C=O) groups excluding carboxylic acids is 3. The lowest BCUT2D eigenvalue weighted by molar-refractivity contribution is -0.143. The van der Waals surface area contributed by atoms with E-state index in [1.54, 1.807) is 13.8 Å². The Hall–Kier alpha value is -2.03. The number of halogens is 1. The number of nitrogens with one attached hydrogen (secondary N) is 2. The Bertz CT molecular complexity index is 427. The maximum Gasteiger partial charge on any atom is 0.324 e. The predicted octanol–water partition coefficient (Wildman–Crippen LogP) is -1.07. The molecule has 0 bridgehead atoms. The van der Waals surface area contributed by atoms with Crippen molar-refractivity contribution in [2.75, 3.05) is 0 Å². The van der Waals surface area contributed by atoms with Crippen LogP contribution in [0.2, 0.25) is 0 Å². The SMILES string of the molecule is CC(C)[C@H](N)C(=O)N[C@@H](C)C(=O)N[C@@H](CC(=O)O)C(=O)F. The van der Waals surface area contributed by atoms with Gasteiger partial charge >= 0.3 is 12.0 Å². The molecule has 8 nitrogen and oxygen atoms in total. The van der Waals surface area contributed by atoms with Gasteiger partial charge in [0, 0.05) is 0 Å². The molecule has 0 rings (SSSR count). The Labute approximate surface area is 121 Å². The highest BCUT2D eigenvalue weighted by molar-refractivity contribution is 5.92. The molecule has 0 aliphatic heterocycles. The molecule has 0 aliphatic carbocycles. The largest absolute Gasteiger partial charge is 0.481 e. The predicted molar refractivity (Wildman–Crippen MR) is 70.7 cm³/mol. The van der Waals surface area contributed by atoms with E-state index in [1.807, 2.05) is 5.32 Å². The molecule has 0 saturated carbocycles. The van der Waals surface area contributed by atoms with Gasteiger partial charge in [0.1, 0.15) is 12.1 Å². The van der Waals surface area contributed by atoms with Crippen molar-refractivity contribution in [3.8, 4) is 0 Å². The van der Waals surface area contributed by atoms with E-state index in [2.05, 4.69) is 5.32 Å². The average Bonchev–Trinajstić information content (AvgIpc) is 2.35. The number of hydrogen-bond donors (Lipinski definition) is 4. The van der Waals surface area contributed by atoms with Gasteiger partial charge < -0.3 is 21.5 Å². The minimum atomic E-state index is -1.97. The first-order valence-electron chi connectivity index (χ1n) is 6.33. The molecule has 0 aromatic rings. The van der Waals surface area contributed by atoms with E-state index < -0.39 is 48.4 Å². The summed E-state index contributed by atoms with van der Waals surface area (Å²) in [5.41, 5.74) is 5.59. The molecular formula is C12H20FN3O5. The second kappa shape index (κ2) is 8.30. The monoisotopic (exact) mass is 305 g/mol. The van der Waals surface area contributed by atoms with Crippen LogP contribution < -0.4 is 16.4 Å². The molecule has 0 unspecified atom stereocenters. The van der Waals surface area contributed by atoms with E-state index in [0.717, 1.165) is 0 Å². The van der Waals surface area contributed by atoms with Gasteiger partial charge in [0.05, 0.1) is 12.5 Å². The zero-order chi connectivity index (χ0) is 16.7. The van der Waals surface area contributed by atoms with E-state index in [1.165, 1.54) is 6.92 Å². The number of amides is 2. The van der Waals surface area contributed by atoms with Crippen LogP contribution in [0.25, 0.3) is 0 Å². The first-order valence-corrected chi connectivity index (χ1v) is 6.33. The van der Waals surface area contributed by atoms with Crippen LogP contribution in [0.5, 0.6) is 0 Å². The summed E-state index contributed by atoms with van der Waals surface area (Å²) in [6, 6.07) is -5.66. The highest BCUT2D eigenvalue weighted by Gasteiger charge is 2.27. The van der Waals surface area contributed by atoms with Crippen molar-refractivity contribution >= 4 is 23.8 Å². The lowest BCUT2D eigenvalue weighted by atomic mass is 10.0. The Morgan fingerprint density at radius 3 is 2.00 bits per heavy atom. The number of carboxylic acids is 1.